The molecule has 1 N–H and O–H groups in total. The molecule has 0 radical (unpaired) electrons. The third-order valence-corrected chi connectivity index (χ3v) is 4.69. The van der Waals surface area contributed by atoms with Crippen LogP contribution in [0.15, 0.2) is 47.4 Å². The molecule has 0 aliphatic rings. The number of hydrogen-bond donors (Lipinski definition) is 1. The minimum absolute atomic E-state index is 0.0159. The predicted molar refractivity (Wildman–Crippen MR) is 99.8 cm³/mol. The Balaban J connectivity index is 1.79. The molecule has 0 unspecified atom stereocenters. The van der Waals surface area contributed by atoms with E-state index in [4.69, 9.17) is 32.7 Å². The Bertz CT molecular complexity index is 770. The van der Waals surface area contributed by atoms with E-state index < -0.39 is 11.9 Å². The smallest absolute Gasteiger partial charge is 0.316 e. The van der Waals surface area contributed by atoms with Crippen LogP contribution in [0.3, 0.4) is 0 Å². The van der Waals surface area contributed by atoms with Crippen LogP contribution in [0.1, 0.15) is 0 Å². The summed E-state index contributed by atoms with van der Waals surface area (Å²) in [5.41, 5.74) is 0.506. The van der Waals surface area contributed by atoms with Gasteiger partial charge in [0.05, 0.1) is 23.6 Å². The molecule has 0 saturated carbocycles. The molecule has 0 saturated heterocycles. The monoisotopic (exact) mass is 399 g/mol. The number of ether oxygens (including phenoxy) is 2. The highest BCUT2D eigenvalue weighted by Gasteiger charge is 2.12. The number of para-hydroxylation sites is 2. The average Bonchev–Trinajstić information content (AvgIpc) is 2.61. The zero-order chi connectivity index (χ0) is 18.2. The van der Waals surface area contributed by atoms with Gasteiger partial charge in [-0.15, -0.1) is 11.8 Å². The van der Waals surface area contributed by atoms with Gasteiger partial charge >= 0.3 is 5.97 Å². The van der Waals surface area contributed by atoms with Crippen molar-refractivity contribution in [3.8, 4) is 5.75 Å². The molecule has 5 nitrogen and oxygen atoms in total. The lowest BCUT2D eigenvalue weighted by Crippen LogP contribution is -2.21. The quantitative estimate of drug-likeness (QED) is 0.555. The van der Waals surface area contributed by atoms with Crippen molar-refractivity contribution in [3.05, 3.63) is 52.5 Å². The number of nitrogens with one attached hydrogen (secondary N) is 1. The molecule has 8 heteroatoms. The second-order valence-corrected chi connectivity index (χ2v) is 6.63. The number of anilines is 1. The molecule has 0 aliphatic heterocycles. The van der Waals surface area contributed by atoms with Crippen molar-refractivity contribution in [1.29, 1.82) is 0 Å². The summed E-state index contributed by atoms with van der Waals surface area (Å²) in [6.07, 6.45) is 0. The van der Waals surface area contributed by atoms with Crippen molar-refractivity contribution in [1.82, 2.24) is 0 Å². The zero-order valence-corrected chi connectivity index (χ0v) is 15.6. The first-order chi connectivity index (χ1) is 12.0. The molecule has 25 heavy (non-hydrogen) atoms. The van der Waals surface area contributed by atoms with Gasteiger partial charge in [-0.25, -0.2) is 0 Å². The second kappa shape index (κ2) is 9.56. The molecule has 0 bridgehead atoms. The number of thioether (sulfide) groups is 1. The molecule has 2 aromatic rings. The first kappa shape index (κ1) is 19.4. The summed E-state index contributed by atoms with van der Waals surface area (Å²) in [7, 11) is 1.50. The normalized spacial score (nSPS) is 10.2. The van der Waals surface area contributed by atoms with E-state index in [2.05, 4.69) is 5.32 Å². The number of carbonyl (C=O) groups is 2. The molecule has 132 valence electrons. The molecular weight excluding hydrogens is 385 g/mol. The predicted octanol–water partition coefficient (Wildman–Crippen LogP) is 4.28. The third kappa shape index (κ3) is 6.16. The fraction of sp³-hybridized carbons (Fsp3) is 0.176. The fourth-order valence-electron chi connectivity index (χ4n) is 1.85. The Morgan fingerprint density at radius 3 is 2.68 bits per heavy atom. The molecule has 2 aromatic carbocycles. The third-order valence-electron chi connectivity index (χ3n) is 2.98. The number of benzene rings is 2. The Labute approximate surface area is 159 Å². The number of halogens is 2. The first-order valence-corrected chi connectivity index (χ1v) is 8.90. The van der Waals surface area contributed by atoms with Gasteiger partial charge in [0.1, 0.15) is 5.75 Å². The van der Waals surface area contributed by atoms with Crippen LogP contribution >= 0.6 is 35.0 Å². The van der Waals surface area contributed by atoms with Crippen LogP contribution in [-0.4, -0.2) is 31.3 Å². The molecule has 0 aromatic heterocycles. The highest BCUT2D eigenvalue weighted by atomic mass is 35.5. The Kier molecular flexibility index (Phi) is 7.43. The van der Waals surface area contributed by atoms with Crippen molar-refractivity contribution in [2.24, 2.45) is 0 Å². The van der Waals surface area contributed by atoms with Crippen molar-refractivity contribution in [3.63, 3.8) is 0 Å². The van der Waals surface area contributed by atoms with Crippen LogP contribution in [-0.2, 0) is 14.3 Å². The topological polar surface area (TPSA) is 64.6 Å². The lowest BCUT2D eigenvalue weighted by Gasteiger charge is -2.10. The van der Waals surface area contributed by atoms with Gasteiger partial charge in [0, 0.05) is 9.92 Å². The largest absolute Gasteiger partial charge is 0.495 e. The van der Waals surface area contributed by atoms with E-state index in [1.54, 1.807) is 42.5 Å². The van der Waals surface area contributed by atoms with Gasteiger partial charge in [-0.1, -0.05) is 35.3 Å². The summed E-state index contributed by atoms with van der Waals surface area (Å²) in [4.78, 5) is 24.3. The van der Waals surface area contributed by atoms with E-state index in [1.165, 1.54) is 18.9 Å². The maximum absolute atomic E-state index is 11.9. The van der Waals surface area contributed by atoms with Crippen molar-refractivity contribution in [2.45, 2.75) is 4.90 Å². The van der Waals surface area contributed by atoms with E-state index in [1.807, 2.05) is 0 Å². The maximum atomic E-state index is 11.9. The van der Waals surface area contributed by atoms with Crippen molar-refractivity contribution >= 4 is 52.5 Å². The van der Waals surface area contributed by atoms with E-state index >= 15 is 0 Å². The number of methoxy groups -OCH3 is 1. The highest BCUT2D eigenvalue weighted by molar-refractivity contribution is 8.00. The molecule has 0 aliphatic carbocycles. The minimum atomic E-state index is -0.531. The van der Waals surface area contributed by atoms with Crippen LogP contribution in [0.2, 0.25) is 10.0 Å². The molecule has 0 spiro atoms. The van der Waals surface area contributed by atoms with Gasteiger partial charge in [-0.2, -0.15) is 0 Å². The second-order valence-electron chi connectivity index (χ2n) is 4.77. The zero-order valence-electron chi connectivity index (χ0n) is 13.3. The van der Waals surface area contributed by atoms with Gasteiger partial charge in [-0.3, -0.25) is 9.59 Å². The average molecular weight is 400 g/mol. The first-order valence-electron chi connectivity index (χ1n) is 7.16. The van der Waals surface area contributed by atoms with Crippen molar-refractivity contribution in [2.75, 3.05) is 24.8 Å². The number of carbonyl (C=O) groups excluding carboxylic acids is 2. The van der Waals surface area contributed by atoms with E-state index in [0.717, 1.165) is 0 Å². The lowest BCUT2D eigenvalue weighted by atomic mass is 10.3. The van der Waals surface area contributed by atoms with Gasteiger partial charge in [0.25, 0.3) is 5.91 Å². The summed E-state index contributed by atoms with van der Waals surface area (Å²) in [5.74, 6) is -0.449. The van der Waals surface area contributed by atoms with Crippen molar-refractivity contribution < 1.29 is 19.1 Å². The number of hydrogen-bond acceptors (Lipinski definition) is 5. The number of esters is 1. The summed E-state index contributed by atoms with van der Waals surface area (Å²) in [5, 5.41) is 3.64. The summed E-state index contributed by atoms with van der Waals surface area (Å²) in [6, 6.07) is 11.9. The van der Waals surface area contributed by atoms with Crippen LogP contribution in [0.25, 0.3) is 0 Å². The van der Waals surface area contributed by atoms with Gasteiger partial charge in [0.2, 0.25) is 0 Å². The SMILES string of the molecule is COc1ccccc1NC(=O)COC(=O)CSc1cc(Cl)ccc1Cl. The molecule has 1 amide bonds. The maximum Gasteiger partial charge on any atom is 0.316 e. The fourth-order valence-corrected chi connectivity index (χ4v) is 3.14. The Hall–Kier alpha value is -1.89. The minimum Gasteiger partial charge on any atom is -0.495 e. The van der Waals surface area contributed by atoms with E-state index in [-0.39, 0.29) is 12.4 Å². The van der Waals surface area contributed by atoms with E-state index in [9.17, 15) is 9.59 Å². The van der Waals surface area contributed by atoms with E-state index in [0.29, 0.717) is 26.4 Å². The van der Waals surface area contributed by atoms with Crippen LogP contribution in [0.5, 0.6) is 5.75 Å². The lowest BCUT2D eigenvalue weighted by molar-refractivity contribution is -0.144. The molecule has 2 rings (SSSR count). The number of amides is 1. The summed E-state index contributed by atoms with van der Waals surface area (Å²) >= 11 is 13.1. The van der Waals surface area contributed by atoms with Gasteiger partial charge < -0.3 is 14.8 Å². The van der Waals surface area contributed by atoms with Gasteiger partial charge in [0.15, 0.2) is 6.61 Å². The number of rotatable bonds is 7. The molecule has 0 fully saturated rings. The molecule has 0 atom stereocenters. The standard InChI is InChI=1S/C17H15Cl2NO4S/c1-23-14-5-3-2-4-13(14)20-16(21)9-24-17(22)10-25-15-8-11(18)6-7-12(15)19/h2-8H,9-10H2,1H3,(H,20,21). The molecule has 0 heterocycles. The van der Waals surface area contributed by atoms with Gasteiger partial charge in [-0.05, 0) is 30.3 Å². The summed E-state index contributed by atoms with van der Waals surface area (Å²) < 4.78 is 10.1. The summed E-state index contributed by atoms with van der Waals surface area (Å²) in [6.45, 7) is -0.388. The molecular formula is C17H15Cl2NO4S. The van der Waals surface area contributed by atoms with Crippen LogP contribution in [0, 0.1) is 0 Å². The van der Waals surface area contributed by atoms with Crippen LogP contribution in [0.4, 0.5) is 5.69 Å². The van der Waals surface area contributed by atoms with Crippen LogP contribution < -0.4 is 10.1 Å². The highest BCUT2D eigenvalue weighted by Crippen LogP contribution is 2.29. The Morgan fingerprint density at radius 2 is 1.92 bits per heavy atom. The Morgan fingerprint density at radius 1 is 1.16 bits per heavy atom.